The fourth-order valence-electron chi connectivity index (χ4n) is 3.30. The number of hydrogen-bond donors (Lipinski definition) is 2. The van der Waals surface area contributed by atoms with E-state index in [-0.39, 0.29) is 30.1 Å². The molecule has 1 unspecified atom stereocenters. The van der Waals surface area contributed by atoms with Crippen LogP contribution in [0.4, 0.5) is 0 Å². The fraction of sp³-hybridized carbons (Fsp3) is 0.875. The molecule has 5 nitrogen and oxygen atoms in total. The van der Waals surface area contributed by atoms with Gasteiger partial charge in [0, 0.05) is 31.1 Å². The van der Waals surface area contributed by atoms with Crippen LogP contribution in [0.3, 0.4) is 0 Å². The summed E-state index contributed by atoms with van der Waals surface area (Å²) in [5, 5.41) is 2.96. The molecule has 2 aliphatic rings. The molecule has 2 amide bonds. The zero-order chi connectivity index (χ0) is 15.6. The van der Waals surface area contributed by atoms with E-state index < -0.39 is 5.54 Å². The molecule has 3 N–H and O–H groups in total. The first-order chi connectivity index (χ1) is 9.82. The number of nitrogens with zero attached hydrogens (tertiary/aromatic N) is 1. The van der Waals surface area contributed by atoms with E-state index >= 15 is 0 Å². The first-order valence-electron chi connectivity index (χ1n) is 8.14. The number of carbonyl (C=O) groups excluding carboxylic acids is 2. The van der Waals surface area contributed by atoms with Crippen molar-refractivity contribution in [3.63, 3.8) is 0 Å². The lowest BCUT2D eigenvalue weighted by atomic mass is 9.86. The Morgan fingerprint density at radius 1 is 1.32 bits per heavy atom. The number of nitrogens with one attached hydrogen (secondary N) is 1. The van der Waals surface area contributed by atoms with Crippen LogP contribution < -0.4 is 11.1 Å². The Bertz CT molecular complexity index is 406. The number of rotatable bonds is 4. The molecule has 0 bridgehead atoms. The van der Waals surface area contributed by atoms with E-state index in [1.807, 2.05) is 18.7 Å². The van der Waals surface area contributed by atoms with Crippen LogP contribution in [-0.2, 0) is 9.59 Å². The number of amides is 2. The standard InChI is InChI=1S/C16H29N3O2.ClH/c1-11-4-6-13(7-5-11)19-9-12(8-14(19)20)15(21)18-16(2,3)10-17;/h11-13H,4-10,17H2,1-3H3,(H,18,21);1H. The molecule has 2 rings (SSSR count). The van der Waals surface area contributed by atoms with Gasteiger partial charge in [-0.3, -0.25) is 9.59 Å². The predicted molar refractivity (Wildman–Crippen MR) is 89.8 cm³/mol. The van der Waals surface area contributed by atoms with Gasteiger partial charge in [0.15, 0.2) is 0 Å². The van der Waals surface area contributed by atoms with Gasteiger partial charge in [0.1, 0.15) is 0 Å². The maximum atomic E-state index is 12.3. The maximum absolute atomic E-state index is 12.3. The lowest BCUT2D eigenvalue weighted by Gasteiger charge is -2.33. The summed E-state index contributed by atoms with van der Waals surface area (Å²) in [5.74, 6) is 0.650. The molecular formula is C16H30ClN3O2. The second-order valence-corrected chi connectivity index (χ2v) is 7.44. The number of likely N-dealkylation sites (tertiary alicyclic amines) is 1. The molecule has 6 heteroatoms. The van der Waals surface area contributed by atoms with Crippen molar-refractivity contribution in [1.82, 2.24) is 10.2 Å². The van der Waals surface area contributed by atoms with Crippen LogP contribution in [0.15, 0.2) is 0 Å². The fourth-order valence-corrected chi connectivity index (χ4v) is 3.30. The summed E-state index contributed by atoms with van der Waals surface area (Å²) in [7, 11) is 0. The van der Waals surface area contributed by atoms with E-state index in [0.717, 1.165) is 18.8 Å². The van der Waals surface area contributed by atoms with Crippen molar-refractivity contribution in [3.8, 4) is 0 Å². The third-order valence-electron chi connectivity index (χ3n) is 4.93. The molecule has 0 radical (unpaired) electrons. The van der Waals surface area contributed by atoms with Crippen LogP contribution in [0, 0.1) is 11.8 Å². The van der Waals surface area contributed by atoms with Crippen molar-refractivity contribution in [2.75, 3.05) is 13.1 Å². The highest BCUT2D eigenvalue weighted by molar-refractivity contribution is 5.89. The first-order valence-corrected chi connectivity index (χ1v) is 8.14. The molecule has 0 aromatic heterocycles. The number of hydrogen-bond acceptors (Lipinski definition) is 3. The van der Waals surface area contributed by atoms with E-state index in [2.05, 4.69) is 12.2 Å². The van der Waals surface area contributed by atoms with Gasteiger partial charge >= 0.3 is 0 Å². The van der Waals surface area contributed by atoms with Crippen LogP contribution in [0.1, 0.15) is 52.9 Å². The lowest BCUT2D eigenvalue weighted by Crippen LogP contribution is -2.51. The minimum absolute atomic E-state index is 0. The zero-order valence-corrected chi connectivity index (χ0v) is 14.7. The average Bonchev–Trinajstić information content (AvgIpc) is 2.81. The van der Waals surface area contributed by atoms with Crippen LogP contribution in [0.2, 0.25) is 0 Å². The van der Waals surface area contributed by atoms with Crippen LogP contribution in [-0.4, -0.2) is 41.4 Å². The first kappa shape index (κ1) is 19.2. The second-order valence-electron chi connectivity index (χ2n) is 7.44. The number of nitrogens with two attached hydrogens (primary N) is 1. The highest BCUT2D eigenvalue weighted by atomic mass is 35.5. The minimum Gasteiger partial charge on any atom is -0.350 e. The molecule has 2 fully saturated rings. The van der Waals surface area contributed by atoms with E-state index in [4.69, 9.17) is 5.73 Å². The summed E-state index contributed by atoms with van der Waals surface area (Å²) in [5.41, 5.74) is 5.24. The summed E-state index contributed by atoms with van der Waals surface area (Å²) >= 11 is 0. The molecule has 0 aromatic rings. The van der Waals surface area contributed by atoms with Crippen molar-refractivity contribution >= 4 is 24.2 Å². The molecule has 0 spiro atoms. The summed E-state index contributed by atoms with van der Waals surface area (Å²) in [6.45, 7) is 7.05. The van der Waals surface area contributed by atoms with Gasteiger partial charge in [-0.25, -0.2) is 0 Å². The van der Waals surface area contributed by atoms with Crippen molar-refractivity contribution in [3.05, 3.63) is 0 Å². The summed E-state index contributed by atoms with van der Waals surface area (Å²) in [6.07, 6.45) is 4.88. The maximum Gasteiger partial charge on any atom is 0.225 e. The van der Waals surface area contributed by atoms with Gasteiger partial charge in [-0.05, 0) is 45.4 Å². The molecule has 0 aromatic carbocycles. The topological polar surface area (TPSA) is 75.4 Å². The molecule has 1 aliphatic carbocycles. The minimum atomic E-state index is -0.409. The number of carbonyl (C=O) groups is 2. The highest BCUT2D eigenvalue weighted by Gasteiger charge is 2.39. The Balaban J connectivity index is 0.00000242. The summed E-state index contributed by atoms with van der Waals surface area (Å²) in [4.78, 5) is 26.5. The van der Waals surface area contributed by atoms with E-state index in [1.165, 1.54) is 12.8 Å². The second kappa shape index (κ2) is 7.64. The molecule has 1 atom stereocenters. The monoisotopic (exact) mass is 331 g/mol. The molecule has 1 saturated heterocycles. The zero-order valence-electron chi connectivity index (χ0n) is 13.9. The quantitative estimate of drug-likeness (QED) is 0.823. The number of halogens is 1. The molecule has 1 saturated carbocycles. The van der Waals surface area contributed by atoms with Crippen LogP contribution in [0.25, 0.3) is 0 Å². The Morgan fingerprint density at radius 2 is 1.91 bits per heavy atom. The Hall–Kier alpha value is -0.810. The van der Waals surface area contributed by atoms with Crippen LogP contribution >= 0.6 is 12.4 Å². The van der Waals surface area contributed by atoms with Gasteiger partial charge in [0.05, 0.1) is 5.92 Å². The molecule has 1 aliphatic heterocycles. The van der Waals surface area contributed by atoms with Crippen molar-refractivity contribution in [1.29, 1.82) is 0 Å². The third-order valence-corrected chi connectivity index (χ3v) is 4.93. The average molecular weight is 332 g/mol. The van der Waals surface area contributed by atoms with E-state index in [9.17, 15) is 9.59 Å². The van der Waals surface area contributed by atoms with E-state index in [1.54, 1.807) is 0 Å². The molecular weight excluding hydrogens is 302 g/mol. The smallest absolute Gasteiger partial charge is 0.225 e. The summed E-state index contributed by atoms with van der Waals surface area (Å²) in [6, 6.07) is 0.342. The third kappa shape index (κ3) is 4.59. The normalized spacial score (nSPS) is 29.2. The van der Waals surface area contributed by atoms with E-state index in [0.29, 0.717) is 25.6 Å². The Labute approximate surface area is 139 Å². The molecule has 1 heterocycles. The van der Waals surface area contributed by atoms with Crippen LogP contribution in [0.5, 0.6) is 0 Å². The predicted octanol–water partition coefficient (Wildman–Crippen LogP) is 1.69. The van der Waals surface area contributed by atoms with Gasteiger partial charge in [-0.2, -0.15) is 0 Å². The van der Waals surface area contributed by atoms with Gasteiger partial charge < -0.3 is 16.0 Å². The Morgan fingerprint density at radius 3 is 2.45 bits per heavy atom. The van der Waals surface area contributed by atoms with Crippen molar-refractivity contribution in [2.24, 2.45) is 17.6 Å². The van der Waals surface area contributed by atoms with Crippen molar-refractivity contribution < 1.29 is 9.59 Å². The van der Waals surface area contributed by atoms with Gasteiger partial charge in [0.25, 0.3) is 0 Å². The lowest BCUT2D eigenvalue weighted by molar-refractivity contribution is -0.131. The SMILES string of the molecule is CC1CCC(N2CC(C(=O)NC(C)(C)CN)CC2=O)CC1.Cl. The molecule has 128 valence electrons. The van der Waals surface area contributed by atoms with Gasteiger partial charge in [0.2, 0.25) is 11.8 Å². The van der Waals surface area contributed by atoms with Gasteiger partial charge in [-0.1, -0.05) is 6.92 Å². The highest BCUT2D eigenvalue weighted by Crippen LogP contribution is 2.31. The van der Waals surface area contributed by atoms with Gasteiger partial charge in [-0.15, -0.1) is 12.4 Å². The molecule has 22 heavy (non-hydrogen) atoms. The largest absolute Gasteiger partial charge is 0.350 e. The van der Waals surface area contributed by atoms with Crippen molar-refractivity contribution in [2.45, 2.75) is 64.5 Å². The Kier molecular flexibility index (Phi) is 6.68. The summed E-state index contributed by atoms with van der Waals surface area (Å²) < 4.78 is 0.